The van der Waals surface area contributed by atoms with Crippen molar-refractivity contribution in [1.29, 1.82) is 0 Å². The zero-order chi connectivity index (χ0) is 20.3. The van der Waals surface area contributed by atoms with E-state index in [0.29, 0.717) is 49.0 Å². The van der Waals surface area contributed by atoms with E-state index in [4.69, 9.17) is 13.6 Å². The molecule has 0 aromatic carbocycles. The summed E-state index contributed by atoms with van der Waals surface area (Å²) in [5.74, 6) is 1.80. The molecule has 7 heteroatoms. The fraction of sp³-hybridized carbons (Fsp3) is 0.524. The number of carbonyl (C=O) groups is 2. The number of hydrogen-bond acceptors (Lipinski definition) is 5. The van der Waals surface area contributed by atoms with Crippen LogP contribution in [0.1, 0.15) is 47.9 Å². The monoisotopic (exact) mass is 388 g/mol. The molecule has 1 aliphatic heterocycles. The molecule has 2 unspecified atom stereocenters. The van der Waals surface area contributed by atoms with Gasteiger partial charge in [-0.2, -0.15) is 0 Å². The quantitative estimate of drug-likeness (QED) is 0.760. The minimum Gasteiger partial charge on any atom is -0.467 e. The predicted octanol–water partition coefficient (Wildman–Crippen LogP) is 3.16. The highest BCUT2D eigenvalue weighted by molar-refractivity contribution is 5.95. The lowest BCUT2D eigenvalue weighted by molar-refractivity contribution is -0.143. The molecule has 28 heavy (non-hydrogen) atoms. The topological polar surface area (TPSA) is 76.1 Å². The van der Waals surface area contributed by atoms with E-state index in [1.165, 1.54) is 0 Å². The van der Waals surface area contributed by atoms with Crippen LogP contribution in [0.4, 0.5) is 0 Å². The minimum absolute atomic E-state index is 0.0186. The van der Waals surface area contributed by atoms with Crippen LogP contribution in [0.15, 0.2) is 33.3 Å². The first kappa shape index (κ1) is 20.2. The number of rotatable bonds is 6. The third kappa shape index (κ3) is 4.84. The van der Waals surface area contributed by atoms with Crippen LogP contribution < -0.4 is 0 Å². The van der Waals surface area contributed by atoms with E-state index in [9.17, 15) is 9.59 Å². The third-order valence-electron chi connectivity index (χ3n) is 4.85. The number of nitrogens with zero attached hydrogens (tertiary/aromatic N) is 2. The number of morpholine rings is 1. The Hall–Kier alpha value is -2.54. The van der Waals surface area contributed by atoms with Gasteiger partial charge in [0, 0.05) is 26.1 Å². The van der Waals surface area contributed by atoms with Crippen LogP contribution in [0.5, 0.6) is 0 Å². The first-order chi connectivity index (χ1) is 13.3. The molecule has 2 amide bonds. The van der Waals surface area contributed by atoms with E-state index in [1.54, 1.807) is 30.2 Å². The molecule has 1 saturated heterocycles. The van der Waals surface area contributed by atoms with Gasteiger partial charge >= 0.3 is 0 Å². The van der Waals surface area contributed by atoms with Crippen molar-refractivity contribution in [2.75, 3.05) is 19.6 Å². The van der Waals surface area contributed by atoms with Crippen molar-refractivity contribution in [1.82, 2.24) is 9.80 Å². The average Bonchev–Trinajstić information content (AvgIpc) is 3.25. The summed E-state index contributed by atoms with van der Waals surface area (Å²) >= 11 is 0. The summed E-state index contributed by atoms with van der Waals surface area (Å²) in [6.07, 6.45) is 1.87. The summed E-state index contributed by atoms with van der Waals surface area (Å²) in [5.41, 5.74) is 0.519. The Morgan fingerprint density at radius 3 is 2.50 bits per heavy atom. The molecule has 0 aliphatic carbocycles. The molecule has 0 bridgehead atoms. The van der Waals surface area contributed by atoms with Gasteiger partial charge in [-0.3, -0.25) is 9.59 Å². The Morgan fingerprint density at radius 1 is 1.21 bits per heavy atom. The van der Waals surface area contributed by atoms with E-state index in [2.05, 4.69) is 0 Å². The zero-order valence-corrected chi connectivity index (χ0v) is 16.9. The second-order valence-corrected chi connectivity index (χ2v) is 7.44. The molecule has 1 aliphatic rings. The lowest BCUT2D eigenvalue weighted by Gasteiger charge is -2.35. The molecule has 152 valence electrons. The smallest absolute Gasteiger partial charge is 0.257 e. The van der Waals surface area contributed by atoms with E-state index >= 15 is 0 Å². The van der Waals surface area contributed by atoms with Gasteiger partial charge in [0.25, 0.3) is 5.91 Å². The molecule has 3 heterocycles. The zero-order valence-electron chi connectivity index (χ0n) is 16.9. The first-order valence-electron chi connectivity index (χ1n) is 9.65. The number of carbonyl (C=O) groups excluding carboxylic acids is 2. The summed E-state index contributed by atoms with van der Waals surface area (Å²) in [4.78, 5) is 29.3. The molecule has 1 fully saturated rings. The molecule has 2 atom stereocenters. The van der Waals surface area contributed by atoms with Gasteiger partial charge in [-0.05, 0) is 45.9 Å². The van der Waals surface area contributed by atoms with Crippen molar-refractivity contribution in [2.24, 2.45) is 0 Å². The fourth-order valence-corrected chi connectivity index (χ4v) is 3.63. The number of ether oxygens (including phenoxy) is 1. The highest BCUT2D eigenvalue weighted by Gasteiger charge is 2.27. The maximum Gasteiger partial charge on any atom is 0.257 e. The molecule has 0 spiro atoms. The summed E-state index contributed by atoms with van der Waals surface area (Å²) in [6, 6.07) is 5.34. The Kier molecular flexibility index (Phi) is 6.24. The Labute approximate surface area is 165 Å². The fourth-order valence-electron chi connectivity index (χ4n) is 3.63. The molecule has 7 nitrogen and oxygen atoms in total. The molecule has 2 aromatic rings. The van der Waals surface area contributed by atoms with Crippen molar-refractivity contribution in [3.63, 3.8) is 0 Å². The molecular weight excluding hydrogens is 360 g/mol. The molecule has 0 radical (unpaired) electrons. The van der Waals surface area contributed by atoms with Crippen LogP contribution in [0.2, 0.25) is 0 Å². The average molecular weight is 388 g/mol. The second kappa shape index (κ2) is 8.65. The number of aryl methyl sites for hydroxylation is 2. The predicted molar refractivity (Wildman–Crippen MR) is 103 cm³/mol. The van der Waals surface area contributed by atoms with E-state index in [-0.39, 0.29) is 30.4 Å². The molecule has 2 aromatic heterocycles. The number of amides is 2. The molecule has 0 N–H and O–H groups in total. The Morgan fingerprint density at radius 2 is 1.93 bits per heavy atom. The van der Waals surface area contributed by atoms with E-state index < -0.39 is 0 Å². The van der Waals surface area contributed by atoms with E-state index in [1.807, 2.05) is 31.7 Å². The van der Waals surface area contributed by atoms with Gasteiger partial charge in [0.2, 0.25) is 5.91 Å². The highest BCUT2D eigenvalue weighted by atomic mass is 16.5. The van der Waals surface area contributed by atoms with E-state index in [0.717, 1.165) is 0 Å². The van der Waals surface area contributed by atoms with Gasteiger partial charge in [-0.25, -0.2) is 0 Å². The minimum atomic E-state index is -0.165. The van der Waals surface area contributed by atoms with Crippen molar-refractivity contribution < 1.29 is 23.2 Å². The van der Waals surface area contributed by atoms with Gasteiger partial charge in [0.15, 0.2) is 0 Å². The third-order valence-corrected chi connectivity index (χ3v) is 4.85. The van der Waals surface area contributed by atoms with Crippen LogP contribution in [0.3, 0.4) is 0 Å². The van der Waals surface area contributed by atoms with Crippen molar-refractivity contribution in [3.8, 4) is 0 Å². The van der Waals surface area contributed by atoms with Gasteiger partial charge in [-0.1, -0.05) is 0 Å². The van der Waals surface area contributed by atoms with Crippen LogP contribution >= 0.6 is 0 Å². The lowest BCUT2D eigenvalue weighted by Crippen LogP contribution is -2.49. The van der Waals surface area contributed by atoms with Crippen LogP contribution in [-0.2, 0) is 16.1 Å². The number of furan rings is 2. The van der Waals surface area contributed by atoms with Crippen LogP contribution in [0.25, 0.3) is 0 Å². The maximum absolute atomic E-state index is 13.1. The van der Waals surface area contributed by atoms with Gasteiger partial charge in [0.1, 0.15) is 17.3 Å². The standard InChI is InChI=1S/C21H28N2O5/c1-14-10-19(17(4)28-14)21(25)22(13-18-6-5-9-26-18)8-7-20(24)23-11-15(2)27-16(3)12-23/h5-6,9-10,15-16H,7-8,11-13H2,1-4H3. The Balaban J connectivity index is 1.69. The Bertz CT molecular complexity index is 801. The van der Waals surface area contributed by atoms with Crippen molar-refractivity contribution >= 4 is 11.8 Å². The van der Waals surface area contributed by atoms with Crippen molar-refractivity contribution in [3.05, 3.63) is 47.3 Å². The summed E-state index contributed by atoms with van der Waals surface area (Å²) in [6.45, 7) is 9.28. The largest absolute Gasteiger partial charge is 0.467 e. The van der Waals surface area contributed by atoms with Crippen LogP contribution in [-0.4, -0.2) is 53.5 Å². The molecule has 3 rings (SSSR count). The first-order valence-corrected chi connectivity index (χ1v) is 9.65. The van der Waals surface area contributed by atoms with Crippen molar-refractivity contribution in [2.45, 2.75) is 52.9 Å². The SMILES string of the molecule is Cc1cc(C(=O)N(CCC(=O)N2CC(C)OC(C)C2)Cc2ccco2)c(C)o1. The summed E-state index contributed by atoms with van der Waals surface area (Å²) in [5, 5.41) is 0. The summed E-state index contributed by atoms with van der Waals surface area (Å²) < 4.78 is 16.6. The normalized spacial score (nSPS) is 19.6. The lowest BCUT2D eigenvalue weighted by atomic mass is 10.2. The molecule has 0 saturated carbocycles. The highest BCUT2D eigenvalue weighted by Crippen LogP contribution is 2.19. The van der Waals surface area contributed by atoms with Gasteiger partial charge < -0.3 is 23.4 Å². The van der Waals surface area contributed by atoms with Crippen LogP contribution in [0, 0.1) is 13.8 Å². The maximum atomic E-state index is 13.1. The van der Waals surface area contributed by atoms with Gasteiger partial charge in [-0.15, -0.1) is 0 Å². The molecular formula is C21H28N2O5. The summed E-state index contributed by atoms with van der Waals surface area (Å²) in [7, 11) is 0. The number of hydrogen-bond donors (Lipinski definition) is 0. The van der Waals surface area contributed by atoms with Gasteiger partial charge in [0.05, 0.1) is 30.6 Å². The second-order valence-electron chi connectivity index (χ2n) is 7.44.